The van der Waals surface area contributed by atoms with E-state index in [0.717, 1.165) is 0 Å². The van der Waals surface area contributed by atoms with E-state index in [2.05, 4.69) is 30.9 Å². The lowest BCUT2D eigenvalue weighted by Gasteiger charge is -2.35. The molecule has 1 aliphatic heterocycles. The van der Waals surface area contributed by atoms with E-state index in [9.17, 15) is 20.0 Å². The maximum atomic E-state index is 12.3. The molecule has 1 fully saturated rings. The maximum absolute atomic E-state index is 12.3. The number of carbonyl (C=O) groups excluding carboxylic acids is 1. The molecular formula is C27H23ClN8O4. The number of nitro groups is 1. The molecular weight excluding hydrogens is 536 g/mol. The van der Waals surface area contributed by atoms with Crippen molar-refractivity contribution < 1.29 is 14.8 Å². The molecule has 1 saturated heterocycles. The first-order valence-corrected chi connectivity index (χ1v) is 12.5. The molecule has 13 heteroatoms. The summed E-state index contributed by atoms with van der Waals surface area (Å²) in [5.74, 6) is 0.988. The van der Waals surface area contributed by atoms with Crippen LogP contribution in [0, 0.1) is 10.1 Å². The molecule has 0 bridgehead atoms. The van der Waals surface area contributed by atoms with Crippen molar-refractivity contribution >= 4 is 64.4 Å². The van der Waals surface area contributed by atoms with Crippen LogP contribution in [0.4, 0.5) is 39.4 Å². The van der Waals surface area contributed by atoms with Crippen molar-refractivity contribution in [2.75, 3.05) is 33.9 Å². The van der Waals surface area contributed by atoms with Crippen molar-refractivity contribution in [3.8, 4) is 0 Å². The van der Waals surface area contributed by atoms with Crippen LogP contribution in [0.15, 0.2) is 72.8 Å². The number of carbonyl (C=O) groups is 1. The van der Waals surface area contributed by atoms with Crippen LogP contribution in [0.5, 0.6) is 0 Å². The summed E-state index contributed by atoms with van der Waals surface area (Å²) in [6, 6.07) is 19.5. The van der Waals surface area contributed by atoms with Gasteiger partial charge in [0.25, 0.3) is 5.69 Å². The van der Waals surface area contributed by atoms with Gasteiger partial charge in [-0.3, -0.25) is 10.1 Å². The molecule has 0 spiro atoms. The summed E-state index contributed by atoms with van der Waals surface area (Å²) in [5, 5.41) is 30.0. The van der Waals surface area contributed by atoms with Gasteiger partial charge in [-0.05, 0) is 60.2 Å². The monoisotopic (exact) mass is 558 g/mol. The van der Waals surface area contributed by atoms with Crippen molar-refractivity contribution in [3.63, 3.8) is 0 Å². The Morgan fingerprint density at radius 3 is 2.25 bits per heavy atom. The second-order valence-corrected chi connectivity index (χ2v) is 9.29. The van der Waals surface area contributed by atoms with Crippen molar-refractivity contribution in [1.82, 2.24) is 15.0 Å². The van der Waals surface area contributed by atoms with E-state index in [1.54, 1.807) is 72.8 Å². The highest BCUT2D eigenvalue weighted by atomic mass is 35.5. The largest absolute Gasteiger partial charge is 0.389 e. The lowest BCUT2D eigenvalue weighted by molar-refractivity contribution is -0.384. The van der Waals surface area contributed by atoms with E-state index in [4.69, 9.17) is 11.6 Å². The predicted molar refractivity (Wildman–Crippen MR) is 154 cm³/mol. The smallest absolute Gasteiger partial charge is 0.323 e. The number of aromatic nitrogens is 3. The standard InChI is InChI=1S/C27H23ClN8O4/c28-18-5-7-20(8-6-18)30-27(38)31-21-11-9-19(10-12-21)29-25-32-24(33-26(34-25)35-15-23(37)16-35)13-4-17-2-1-3-22(14-17)36(39)40/h1-14,23,37H,15-16H2,(H2,30,31,38)(H,29,32,33,34)/b13-4+. The SMILES string of the molecule is O=C(Nc1ccc(Cl)cc1)Nc1ccc(Nc2nc(/C=C/c3cccc([N+](=O)[O-])c3)nc(N3CC(O)C3)n2)cc1. The summed E-state index contributed by atoms with van der Waals surface area (Å²) in [6.45, 7) is 0.797. The van der Waals surface area contributed by atoms with Crippen LogP contribution < -0.4 is 20.9 Å². The van der Waals surface area contributed by atoms with Gasteiger partial charge in [0.2, 0.25) is 11.9 Å². The number of amides is 2. The normalized spacial score (nSPS) is 13.1. The topological polar surface area (TPSA) is 158 Å². The molecule has 4 aromatic rings. The Labute approximate surface area is 233 Å². The van der Waals surface area contributed by atoms with Crippen LogP contribution in [-0.4, -0.2) is 50.2 Å². The molecule has 2 heterocycles. The van der Waals surface area contributed by atoms with Gasteiger partial charge >= 0.3 is 6.03 Å². The fourth-order valence-electron chi connectivity index (χ4n) is 3.78. The number of halogens is 1. The molecule has 2 amide bonds. The van der Waals surface area contributed by atoms with Gasteiger partial charge in [-0.1, -0.05) is 29.8 Å². The number of benzene rings is 3. The van der Waals surface area contributed by atoms with Crippen molar-refractivity contribution in [1.29, 1.82) is 0 Å². The lowest BCUT2D eigenvalue weighted by Crippen LogP contribution is -2.51. The van der Waals surface area contributed by atoms with Crippen molar-refractivity contribution in [2.24, 2.45) is 0 Å². The molecule has 0 aliphatic carbocycles. The Morgan fingerprint density at radius 1 is 0.950 bits per heavy atom. The van der Waals surface area contributed by atoms with Gasteiger partial charge in [-0.15, -0.1) is 0 Å². The average Bonchev–Trinajstić information content (AvgIpc) is 2.92. The van der Waals surface area contributed by atoms with Gasteiger partial charge in [0.15, 0.2) is 5.82 Å². The number of rotatable bonds is 8. The number of hydrogen-bond donors (Lipinski definition) is 4. The number of non-ortho nitro benzene ring substituents is 1. The first kappa shape index (κ1) is 26.5. The summed E-state index contributed by atoms with van der Waals surface area (Å²) < 4.78 is 0. The summed E-state index contributed by atoms with van der Waals surface area (Å²) in [4.78, 5) is 38.1. The zero-order valence-corrected chi connectivity index (χ0v) is 21.6. The molecule has 0 radical (unpaired) electrons. The summed E-state index contributed by atoms with van der Waals surface area (Å²) in [5.41, 5.74) is 2.45. The van der Waals surface area contributed by atoms with E-state index in [-0.39, 0.29) is 11.6 Å². The number of nitrogens with one attached hydrogen (secondary N) is 3. The van der Waals surface area contributed by atoms with Gasteiger partial charge in [-0.2, -0.15) is 15.0 Å². The molecule has 4 N–H and O–H groups in total. The average molecular weight is 559 g/mol. The minimum Gasteiger partial charge on any atom is -0.389 e. The second-order valence-electron chi connectivity index (χ2n) is 8.85. The first-order chi connectivity index (χ1) is 19.3. The molecule has 1 aliphatic rings. The fraction of sp³-hybridized carbons (Fsp3) is 0.111. The number of nitro benzene ring substituents is 1. The van der Waals surface area contributed by atoms with Crippen LogP contribution in [0.3, 0.4) is 0 Å². The van der Waals surface area contributed by atoms with Gasteiger partial charge in [0, 0.05) is 47.3 Å². The van der Waals surface area contributed by atoms with Gasteiger partial charge < -0.3 is 26.0 Å². The minimum absolute atomic E-state index is 0.0178. The maximum Gasteiger partial charge on any atom is 0.323 e. The fourth-order valence-corrected chi connectivity index (χ4v) is 3.90. The molecule has 0 saturated carbocycles. The Balaban J connectivity index is 1.29. The molecule has 202 valence electrons. The highest BCUT2D eigenvalue weighted by Crippen LogP contribution is 2.23. The zero-order chi connectivity index (χ0) is 28.1. The van der Waals surface area contributed by atoms with E-state index in [1.807, 2.05) is 4.90 Å². The number of anilines is 5. The van der Waals surface area contributed by atoms with Crippen molar-refractivity contribution in [2.45, 2.75) is 6.10 Å². The Bertz CT molecular complexity index is 1560. The van der Waals surface area contributed by atoms with E-state index in [1.165, 1.54) is 12.1 Å². The number of β-amino-alcohol motifs (C(OH)–C–C–N with tert-alkyl or cyclic N) is 1. The Kier molecular flexibility index (Phi) is 7.80. The van der Waals surface area contributed by atoms with Gasteiger partial charge in [0.05, 0.1) is 11.0 Å². The number of aliphatic hydroxyl groups excluding tert-OH is 1. The summed E-state index contributed by atoms with van der Waals surface area (Å²) in [7, 11) is 0. The van der Waals surface area contributed by atoms with Crippen molar-refractivity contribution in [3.05, 3.63) is 99.3 Å². The van der Waals surface area contributed by atoms with Crippen LogP contribution in [0.2, 0.25) is 5.02 Å². The first-order valence-electron chi connectivity index (χ1n) is 12.1. The highest BCUT2D eigenvalue weighted by molar-refractivity contribution is 6.30. The van der Waals surface area contributed by atoms with E-state index >= 15 is 0 Å². The van der Waals surface area contributed by atoms with Crippen LogP contribution in [0.1, 0.15) is 11.4 Å². The predicted octanol–water partition coefficient (Wildman–Crippen LogP) is 5.17. The molecule has 0 unspecified atom stereocenters. The zero-order valence-electron chi connectivity index (χ0n) is 20.9. The highest BCUT2D eigenvalue weighted by Gasteiger charge is 2.27. The Hall–Kier alpha value is -5.07. The van der Waals surface area contributed by atoms with E-state index < -0.39 is 17.1 Å². The number of nitrogens with zero attached hydrogens (tertiary/aromatic N) is 5. The summed E-state index contributed by atoms with van der Waals surface area (Å²) in [6.07, 6.45) is 2.86. The third kappa shape index (κ3) is 6.87. The molecule has 0 atom stereocenters. The number of hydrogen-bond acceptors (Lipinski definition) is 9. The molecule has 12 nitrogen and oxygen atoms in total. The molecule has 5 rings (SSSR count). The molecule has 1 aromatic heterocycles. The molecule has 3 aromatic carbocycles. The third-order valence-electron chi connectivity index (χ3n) is 5.79. The minimum atomic E-state index is -0.456. The van der Waals surface area contributed by atoms with Crippen LogP contribution in [-0.2, 0) is 0 Å². The number of aliphatic hydroxyl groups is 1. The summed E-state index contributed by atoms with van der Waals surface area (Å²) >= 11 is 5.87. The quantitative estimate of drug-likeness (QED) is 0.169. The van der Waals surface area contributed by atoms with Gasteiger partial charge in [-0.25, -0.2) is 4.79 Å². The molecule has 40 heavy (non-hydrogen) atoms. The van der Waals surface area contributed by atoms with Crippen LogP contribution in [0.25, 0.3) is 12.2 Å². The lowest BCUT2D eigenvalue weighted by atomic mass is 10.2. The van der Waals surface area contributed by atoms with Crippen LogP contribution >= 0.6 is 11.6 Å². The third-order valence-corrected chi connectivity index (χ3v) is 6.04. The Morgan fingerprint density at radius 2 is 1.60 bits per heavy atom. The van der Waals surface area contributed by atoms with E-state index in [0.29, 0.717) is 52.5 Å². The van der Waals surface area contributed by atoms with Gasteiger partial charge in [0.1, 0.15) is 0 Å². The second kappa shape index (κ2) is 11.8. The number of urea groups is 1.